The average molecular weight is 321 g/mol. The van der Waals surface area contributed by atoms with Crippen LogP contribution in [0.25, 0.3) is 11.0 Å². The minimum absolute atomic E-state index is 0.0615. The molecule has 1 unspecified atom stereocenters. The van der Waals surface area contributed by atoms with Crippen LogP contribution in [0.2, 0.25) is 0 Å². The number of para-hydroxylation sites is 1. The molecule has 5 heteroatoms. The molecule has 2 aromatic heterocycles. The Labute approximate surface area is 139 Å². The van der Waals surface area contributed by atoms with E-state index in [1.54, 1.807) is 0 Å². The third-order valence-electron chi connectivity index (χ3n) is 5.34. The van der Waals surface area contributed by atoms with Gasteiger partial charge in [-0.3, -0.25) is 4.79 Å². The molecule has 0 aliphatic carbocycles. The van der Waals surface area contributed by atoms with Crippen LogP contribution in [0.5, 0.6) is 0 Å². The molecule has 0 bridgehead atoms. The first-order chi connectivity index (χ1) is 11.8. The quantitative estimate of drug-likeness (QED) is 0.692. The third-order valence-corrected chi connectivity index (χ3v) is 5.34. The number of fused-ring (bicyclic) bond motifs is 4. The van der Waals surface area contributed by atoms with Crippen LogP contribution in [0.4, 0.5) is 0 Å². The summed E-state index contributed by atoms with van der Waals surface area (Å²) in [4.78, 5) is 19.4. The molecule has 4 heterocycles. The molecule has 2 aliphatic rings. The van der Waals surface area contributed by atoms with Crippen molar-refractivity contribution in [2.75, 3.05) is 6.54 Å². The number of nitrogens with zero attached hydrogens (tertiary/aromatic N) is 3. The third kappa shape index (κ3) is 2.08. The number of hydrogen-bond donors (Lipinski definition) is 0. The summed E-state index contributed by atoms with van der Waals surface area (Å²) in [6.07, 6.45) is 6.39. The molecule has 1 amide bonds. The Morgan fingerprint density at radius 3 is 3.12 bits per heavy atom. The fourth-order valence-corrected chi connectivity index (χ4v) is 4.05. The SMILES string of the molecule is O=C(C1CCc2nccn2C1)N1CCc2oc3ccccc3c2C1. The van der Waals surface area contributed by atoms with Gasteiger partial charge >= 0.3 is 0 Å². The van der Waals surface area contributed by atoms with Gasteiger partial charge in [-0.25, -0.2) is 4.98 Å². The first-order valence-electron chi connectivity index (χ1n) is 8.57. The normalized spacial score (nSPS) is 20.0. The van der Waals surface area contributed by atoms with Crippen molar-refractivity contribution in [3.05, 3.63) is 53.8 Å². The van der Waals surface area contributed by atoms with Crippen LogP contribution < -0.4 is 0 Å². The lowest BCUT2D eigenvalue weighted by Crippen LogP contribution is -2.42. The maximum Gasteiger partial charge on any atom is 0.227 e. The number of rotatable bonds is 1. The van der Waals surface area contributed by atoms with Crippen LogP contribution >= 0.6 is 0 Å². The fraction of sp³-hybridized carbons (Fsp3) is 0.368. The van der Waals surface area contributed by atoms with Gasteiger partial charge in [0.1, 0.15) is 17.2 Å². The van der Waals surface area contributed by atoms with Crippen molar-refractivity contribution in [3.8, 4) is 0 Å². The van der Waals surface area contributed by atoms with E-state index in [2.05, 4.69) is 15.6 Å². The second-order valence-electron chi connectivity index (χ2n) is 6.74. The molecule has 122 valence electrons. The second kappa shape index (κ2) is 5.23. The molecule has 24 heavy (non-hydrogen) atoms. The van der Waals surface area contributed by atoms with Gasteiger partial charge in [0.05, 0.1) is 5.92 Å². The number of carbonyl (C=O) groups excluding carboxylic acids is 1. The fourth-order valence-electron chi connectivity index (χ4n) is 4.05. The lowest BCUT2D eigenvalue weighted by atomic mass is 9.96. The van der Waals surface area contributed by atoms with Crippen molar-refractivity contribution in [3.63, 3.8) is 0 Å². The molecule has 0 radical (unpaired) electrons. The summed E-state index contributed by atoms with van der Waals surface area (Å²) in [5, 5.41) is 1.14. The first-order valence-corrected chi connectivity index (χ1v) is 8.57. The average Bonchev–Trinajstić information content (AvgIpc) is 3.24. The van der Waals surface area contributed by atoms with Gasteiger partial charge in [-0.05, 0) is 12.5 Å². The zero-order valence-electron chi connectivity index (χ0n) is 13.4. The Kier molecular flexibility index (Phi) is 3.01. The molecule has 0 saturated carbocycles. The summed E-state index contributed by atoms with van der Waals surface area (Å²) in [7, 11) is 0. The molecular formula is C19H19N3O2. The van der Waals surface area contributed by atoms with Gasteiger partial charge in [0.25, 0.3) is 0 Å². The van der Waals surface area contributed by atoms with Crippen molar-refractivity contribution in [1.82, 2.24) is 14.5 Å². The van der Waals surface area contributed by atoms with E-state index in [1.807, 2.05) is 35.5 Å². The number of imidazole rings is 1. The molecule has 0 spiro atoms. The highest BCUT2D eigenvalue weighted by atomic mass is 16.3. The zero-order valence-corrected chi connectivity index (χ0v) is 13.4. The van der Waals surface area contributed by atoms with Crippen LogP contribution in [0, 0.1) is 5.92 Å². The van der Waals surface area contributed by atoms with Crippen molar-refractivity contribution < 1.29 is 9.21 Å². The molecule has 1 aromatic carbocycles. The van der Waals surface area contributed by atoms with E-state index >= 15 is 0 Å². The molecule has 3 aromatic rings. The van der Waals surface area contributed by atoms with Crippen LogP contribution in [-0.2, 0) is 30.7 Å². The molecule has 5 rings (SSSR count). The lowest BCUT2D eigenvalue weighted by molar-refractivity contribution is -0.137. The van der Waals surface area contributed by atoms with Gasteiger partial charge in [-0.15, -0.1) is 0 Å². The van der Waals surface area contributed by atoms with E-state index in [1.165, 1.54) is 5.56 Å². The molecule has 0 fully saturated rings. The van der Waals surface area contributed by atoms with E-state index in [-0.39, 0.29) is 11.8 Å². The number of furan rings is 1. The Balaban J connectivity index is 1.40. The highest BCUT2D eigenvalue weighted by Crippen LogP contribution is 2.31. The molecular weight excluding hydrogens is 302 g/mol. The minimum Gasteiger partial charge on any atom is -0.461 e. The predicted octanol–water partition coefficient (Wildman–Crippen LogP) is 2.78. The lowest BCUT2D eigenvalue weighted by Gasteiger charge is -2.32. The van der Waals surface area contributed by atoms with Crippen molar-refractivity contribution in [1.29, 1.82) is 0 Å². The number of carbonyl (C=O) groups is 1. The standard InChI is InChI=1S/C19H19N3O2/c23-19(13-5-6-18-20-8-10-21(18)11-13)22-9-7-17-15(12-22)14-3-1-2-4-16(14)24-17/h1-4,8,10,13H,5-7,9,11-12H2. The van der Waals surface area contributed by atoms with Crippen LogP contribution in [0.3, 0.4) is 0 Å². The molecule has 2 aliphatic heterocycles. The largest absolute Gasteiger partial charge is 0.461 e. The van der Waals surface area contributed by atoms with Crippen LogP contribution in [-0.4, -0.2) is 26.9 Å². The zero-order chi connectivity index (χ0) is 16.1. The minimum atomic E-state index is 0.0615. The Hall–Kier alpha value is -2.56. The number of benzene rings is 1. The topological polar surface area (TPSA) is 51.3 Å². The van der Waals surface area contributed by atoms with Gasteiger partial charge in [0.2, 0.25) is 5.91 Å². The van der Waals surface area contributed by atoms with Crippen molar-refractivity contribution in [2.45, 2.75) is 32.4 Å². The summed E-state index contributed by atoms with van der Waals surface area (Å²) >= 11 is 0. The maximum absolute atomic E-state index is 13.0. The van der Waals surface area contributed by atoms with Crippen LogP contribution in [0.1, 0.15) is 23.6 Å². The van der Waals surface area contributed by atoms with E-state index in [0.717, 1.165) is 54.9 Å². The number of hydrogen-bond acceptors (Lipinski definition) is 3. The number of amides is 1. The molecule has 0 N–H and O–H groups in total. The Morgan fingerprint density at radius 2 is 2.17 bits per heavy atom. The molecule has 5 nitrogen and oxygen atoms in total. The Morgan fingerprint density at radius 1 is 1.25 bits per heavy atom. The summed E-state index contributed by atoms with van der Waals surface area (Å²) in [6.45, 7) is 2.17. The highest BCUT2D eigenvalue weighted by molar-refractivity contribution is 5.84. The Bertz CT molecular complexity index is 924. The number of aryl methyl sites for hydroxylation is 1. The summed E-state index contributed by atoms with van der Waals surface area (Å²) in [6, 6.07) is 8.11. The summed E-state index contributed by atoms with van der Waals surface area (Å²) in [5.41, 5.74) is 2.11. The van der Waals surface area contributed by atoms with E-state index in [4.69, 9.17) is 4.42 Å². The second-order valence-corrected chi connectivity index (χ2v) is 6.74. The van der Waals surface area contributed by atoms with Crippen molar-refractivity contribution >= 4 is 16.9 Å². The highest BCUT2D eigenvalue weighted by Gasteiger charge is 2.32. The summed E-state index contributed by atoms with van der Waals surface area (Å²) in [5.74, 6) is 2.47. The van der Waals surface area contributed by atoms with Crippen LogP contribution in [0.15, 0.2) is 41.1 Å². The van der Waals surface area contributed by atoms with E-state index < -0.39 is 0 Å². The van der Waals surface area contributed by atoms with Gasteiger partial charge in [0.15, 0.2) is 0 Å². The maximum atomic E-state index is 13.0. The van der Waals surface area contributed by atoms with Gasteiger partial charge in [0, 0.05) is 55.8 Å². The first kappa shape index (κ1) is 13.8. The van der Waals surface area contributed by atoms with Gasteiger partial charge < -0.3 is 13.9 Å². The van der Waals surface area contributed by atoms with Gasteiger partial charge in [-0.2, -0.15) is 0 Å². The van der Waals surface area contributed by atoms with Crippen molar-refractivity contribution in [2.24, 2.45) is 5.92 Å². The van der Waals surface area contributed by atoms with E-state index in [9.17, 15) is 4.79 Å². The molecule has 0 saturated heterocycles. The van der Waals surface area contributed by atoms with E-state index in [0.29, 0.717) is 6.54 Å². The summed E-state index contributed by atoms with van der Waals surface area (Å²) < 4.78 is 8.07. The molecule has 1 atom stereocenters. The monoisotopic (exact) mass is 321 g/mol. The predicted molar refractivity (Wildman–Crippen MR) is 89.4 cm³/mol. The van der Waals surface area contributed by atoms with Gasteiger partial charge in [-0.1, -0.05) is 18.2 Å². The smallest absolute Gasteiger partial charge is 0.227 e. The number of aromatic nitrogens is 2.